The summed E-state index contributed by atoms with van der Waals surface area (Å²) in [6.45, 7) is 0. The van der Waals surface area contributed by atoms with Crippen molar-refractivity contribution in [2.45, 2.75) is 0 Å². The van der Waals surface area contributed by atoms with E-state index in [1.807, 2.05) is 12.1 Å². The minimum absolute atomic E-state index is 0.318. The van der Waals surface area contributed by atoms with Gasteiger partial charge in [-0.25, -0.2) is 0 Å². The molecular formula is C15H11N3O3. The Morgan fingerprint density at radius 3 is 2.57 bits per heavy atom. The van der Waals surface area contributed by atoms with Gasteiger partial charge in [0.05, 0.1) is 11.3 Å². The molecule has 2 aromatic heterocycles. The van der Waals surface area contributed by atoms with E-state index in [-0.39, 0.29) is 0 Å². The van der Waals surface area contributed by atoms with Crippen molar-refractivity contribution in [1.29, 1.82) is 0 Å². The highest BCUT2D eigenvalue weighted by Crippen LogP contribution is 2.18. The molecule has 6 nitrogen and oxygen atoms in total. The summed E-state index contributed by atoms with van der Waals surface area (Å²) in [4.78, 5) is 27.1. The minimum Gasteiger partial charge on any atom is -0.619 e. The number of hydrogen-bond acceptors (Lipinski definition) is 3. The van der Waals surface area contributed by atoms with Gasteiger partial charge in [-0.15, -0.1) is 0 Å². The van der Waals surface area contributed by atoms with Crippen LogP contribution >= 0.6 is 0 Å². The molecule has 0 fully saturated rings. The van der Waals surface area contributed by atoms with Gasteiger partial charge < -0.3 is 15.5 Å². The van der Waals surface area contributed by atoms with Crippen LogP contribution in [0.2, 0.25) is 0 Å². The second-order valence-corrected chi connectivity index (χ2v) is 4.48. The second kappa shape index (κ2) is 5.09. The minimum atomic E-state index is -0.747. The van der Waals surface area contributed by atoms with E-state index in [9.17, 15) is 14.8 Å². The lowest BCUT2D eigenvalue weighted by Crippen LogP contribution is -2.26. The fourth-order valence-corrected chi connectivity index (χ4v) is 2.07. The molecule has 0 spiro atoms. The summed E-state index contributed by atoms with van der Waals surface area (Å²) in [5.41, 5.74) is 1.50. The number of anilines is 1. The third-order valence-corrected chi connectivity index (χ3v) is 3.10. The van der Waals surface area contributed by atoms with Crippen molar-refractivity contribution in [2.75, 3.05) is 5.32 Å². The van der Waals surface area contributed by atoms with Crippen molar-refractivity contribution >= 4 is 28.3 Å². The maximum atomic E-state index is 12.2. The molecule has 0 saturated heterocycles. The van der Waals surface area contributed by atoms with E-state index in [1.165, 1.54) is 30.7 Å². The number of rotatable bonds is 3. The first-order chi connectivity index (χ1) is 10.1. The van der Waals surface area contributed by atoms with E-state index in [0.29, 0.717) is 21.4 Å². The topological polar surface area (TPSA) is 88.9 Å². The van der Waals surface area contributed by atoms with E-state index in [2.05, 4.69) is 10.3 Å². The number of amides is 1. The van der Waals surface area contributed by atoms with E-state index in [0.717, 1.165) is 5.52 Å². The molecule has 6 heteroatoms. The number of H-pyrrole nitrogens is 1. The molecule has 0 aliphatic heterocycles. The number of ketones is 1. The molecule has 0 atom stereocenters. The standard InChI is InChI=1S/C15H11N3O3/c19-14(12-9-16-13-4-2-1-3-11(12)13)15(20)17-10-5-7-18(21)8-6-10/h1-9,16H,(H,17,20). The van der Waals surface area contributed by atoms with Crippen molar-refractivity contribution in [3.63, 3.8) is 0 Å². The number of benzene rings is 1. The second-order valence-electron chi connectivity index (χ2n) is 4.48. The van der Waals surface area contributed by atoms with Gasteiger partial charge in [0.1, 0.15) is 0 Å². The zero-order valence-corrected chi connectivity index (χ0v) is 10.9. The highest BCUT2D eigenvalue weighted by molar-refractivity contribution is 6.48. The number of pyridine rings is 1. The quantitative estimate of drug-likeness (QED) is 0.331. The van der Waals surface area contributed by atoms with Crippen LogP contribution < -0.4 is 10.0 Å². The summed E-state index contributed by atoms with van der Waals surface area (Å²) in [5.74, 6) is -1.38. The Hall–Kier alpha value is -3.15. The van der Waals surface area contributed by atoms with Crippen LogP contribution in [0.15, 0.2) is 55.0 Å². The molecule has 0 unspecified atom stereocenters. The lowest BCUT2D eigenvalue weighted by atomic mass is 10.1. The maximum Gasteiger partial charge on any atom is 0.296 e. The Bertz CT molecular complexity index is 822. The highest BCUT2D eigenvalue weighted by atomic mass is 16.5. The van der Waals surface area contributed by atoms with Crippen LogP contribution in [0.25, 0.3) is 10.9 Å². The number of nitrogens with one attached hydrogen (secondary N) is 2. The molecule has 3 aromatic rings. The fourth-order valence-electron chi connectivity index (χ4n) is 2.07. The number of nitrogens with zero attached hydrogens (tertiary/aromatic N) is 1. The Morgan fingerprint density at radius 1 is 1.10 bits per heavy atom. The summed E-state index contributed by atoms with van der Waals surface area (Å²) in [6, 6.07) is 10.1. The molecule has 1 aromatic carbocycles. The van der Waals surface area contributed by atoms with Gasteiger partial charge in [-0.05, 0) is 6.07 Å². The van der Waals surface area contributed by atoms with Crippen molar-refractivity contribution in [3.8, 4) is 0 Å². The molecule has 0 saturated carbocycles. The fraction of sp³-hybridized carbons (Fsp3) is 0. The molecule has 0 radical (unpaired) electrons. The van der Waals surface area contributed by atoms with Gasteiger partial charge in [0.25, 0.3) is 11.7 Å². The third-order valence-electron chi connectivity index (χ3n) is 3.10. The molecule has 104 valence electrons. The summed E-state index contributed by atoms with van der Waals surface area (Å²) in [7, 11) is 0. The smallest absolute Gasteiger partial charge is 0.296 e. The molecule has 0 aliphatic rings. The molecule has 0 bridgehead atoms. The zero-order valence-electron chi connectivity index (χ0n) is 10.9. The van der Waals surface area contributed by atoms with Crippen LogP contribution in [0.1, 0.15) is 10.4 Å². The first-order valence-corrected chi connectivity index (χ1v) is 6.26. The third kappa shape index (κ3) is 2.46. The van der Waals surface area contributed by atoms with Gasteiger partial charge in [-0.3, -0.25) is 9.59 Å². The summed E-state index contributed by atoms with van der Waals surface area (Å²) in [5, 5.41) is 14.1. The average molecular weight is 281 g/mol. The van der Waals surface area contributed by atoms with Crippen LogP contribution in [-0.2, 0) is 4.79 Å². The Kier molecular flexibility index (Phi) is 3.12. The van der Waals surface area contributed by atoms with E-state index in [1.54, 1.807) is 12.1 Å². The molecule has 1 amide bonds. The predicted octanol–water partition coefficient (Wildman–Crippen LogP) is 1.62. The van der Waals surface area contributed by atoms with E-state index < -0.39 is 11.7 Å². The Balaban J connectivity index is 1.84. The predicted molar refractivity (Wildman–Crippen MR) is 76.7 cm³/mol. The Labute approximate surface area is 119 Å². The number of fused-ring (bicyclic) bond motifs is 1. The SMILES string of the molecule is O=C(Nc1cc[n+]([O-])cc1)C(=O)c1c[nH]c2ccccc12. The number of carbonyl (C=O) groups is 2. The molecular weight excluding hydrogens is 270 g/mol. The maximum absolute atomic E-state index is 12.2. The number of aromatic amines is 1. The Morgan fingerprint density at radius 2 is 1.81 bits per heavy atom. The van der Waals surface area contributed by atoms with Crippen LogP contribution in [0.5, 0.6) is 0 Å². The van der Waals surface area contributed by atoms with E-state index in [4.69, 9.17) is 0 Å². The van der Waals surface area contributed by atoms with Crippen molar-refractivity contribution in [2.24, 2.45) is 0 Å². The largest absolute Gasteiger partial charge is 0.619 e. The molecule has 21 heavy (non-hydrogen) atoms. The number of para-hydroxylation sites is 1. The zero-order chi connectivity index (χ0) is 14.8. The summed E-state index contributed by atoms with van der Waals surface area (Å²) < 4.78 is 0.594. The molecule has 2 N–H and O–H groups in total. The van der Waals surface area contributed by atoms with Crippen LogP contribution in [-0.4, -0.2) is 16.7 Å². The van der Waals surface area contributed by atoms with Crippen molar-refractivity contribution in [3.05, 3.63) is 65.8 Å². The van der Waals surface area contributed by atoms with Gasteiger partial charge in [0.15, 0.2) is 12.4 Å². The molecule has 2 heterocycles. The lowest BCUT2D eigenvalue weighted by Gasteiger charge is -2.03. The normalized spacial score (nSPS) is 10.5. The molecule has 3 rings (SSSR count). The van der Waals surface area contributed by atoms with Crippen LogP contribution in [0.3, 0.4) is 0 Å². The first kappa shape index (κ1) is 12.9. The van der Waals surface area contributed by atoms with Gasteiger partial charge in [0, 0.05) is 29.2 Å². The average Bonchev–Trinajstić information content (AvgIpc) is 2.92. The van der Waals surface area contributed by atoms with Crippen molar-refractivity contribution < 1.29 is 14.3 Å². The number of Topliss-reactive ketones (excluding diaryl/α,β-unsaturated/α-hetero) is 1. The highest BCUT2D eigenvalue weighted by Gasteiger charge is 2.20. The number of hydrogen-bond donors (Lipinski definition) is 2. The van der Waals surface area contributed by atoms with Crippen LogP contribution in [0, 0.1) is 5.21 Å². The van der Waals surface area contributed by atoms with Gasteiger partial charge in [-0.1, -0.05) is 18.2 Å². The number of aromatic nitrogens is 2. The molecule has 0 aliphatic carbocycles. The number of carbonyl (C=O) groups excluding carboxylic acids is 2. The summed E-state index contributed by atoms with van der Waals surface area (Å²) >= 11 is 0. The van der Waals surface area contributed by atoms with Gasteiger partial charge in [0.2, 0.25) is 0 Å². The van der Waals surface area contributed by atoms with Crippen molar-refractivity contribution in [1.82, 2.24) is 4.98 Å². The van der Waals surface area contributed by atoms with Gasteiger partial charge >= 0.3 is 0 Å². The summed E-state index contributed by atoms with van der Waals surface area (Å²) in [6.07, 6.45) is 4.00. The first-order valence-electron chi connectivity index (χ1n) is 6.26. The van der Waals surface area contributed by atoms with Gasteiger partial charge in [-0.2, -0.15) is 4.73 Å². The lowest BCUT2D eigenvalue weighted by molar-refractivity contribution is -0.605. The van der Waals surface area contributed by atoms with E-state index >= 15 is 0 Å². The van der Waals surface area contributed by atoms with Crippen LogP contribution in [0.4, 0.5) is 5.69 Å². The monoisotopic (exact) mass is 281 g/mol.